The summed E-state index contributed by atoms with van der Waals surface area (Å²) in [5, 5.41) is 0. The fraction of sp³-hybridized carbons (Fsp3) is 0.667. The molecule has 0 spiro atoms. The Morgan fingerprint density at radius 2 is 2.41 bits per heavy atom. The van der Waals surface area contributed by atoms with Crippen molar-refractivity contribution in [3.63, 3.8) is 0 Å². The summed E-state index contributed by atoms with van der Waals surface area (Å²) in [4.78, 5) is 18.1. The Hall–Kier alpha value is -1.36. The van der Waals surface area contributed by atoms with Gasteiger partial charge in [-0.05, 0) is 25.3 Å². The van der Waals surface area contributed by atoms with Crippen LogP contribution >= 0.6 is 0 Å². The highest BCUT2D eigenvalue weighted by atomic mass is 16.2. The number of aromatic nitrogens is 2. The second-order valence-electron chi connectivity index (χ2n) is 4.80. The minimum Gasteiger partial charge on any atom is -0.337 e. The monoisotopic (exact) mass is 236 g/mol. The van der Waals surface area contributed by atoms with E-state index < -0.39 is 0 Å². The molecule has 2 rings (SSSR count). The van der Waals surface area contributed by atoms with Crippen LogP contribution in [0, 0.1) is 5.92 Å². The van der Waals surface area contributed by atoms with Crippen LogP contribution in [-0.4, -0.2) is 40.0 Å². The van der Waals surface area contributed by atoms with E-state index in [2.05, 4.69) is 4.98 Å². The topological polar surface area (TPSA) is 64.2 Å². The lowest BCUT2D eigenvalue weighted by atomic mass is 10.0. The molecule has 1 aromatic rings. The van der Waals surface area contributed by atoms with E-state index in [0.717, 1.165) is 19.3 Å². The largest absolute Gasteiger partial charge is 0.337 e. The maximum absolute atomic E-state index is 12.3. The minimum atomic E-state index is 0.0374. The van der Waals surface area contributed by atoms with E-state index >= 15 is 0 Å². The molecule has 1 aliphatic carbocycles. The van der Waals surface area contributed by atoms with Gasteiger partial charge in [-0.2, -0.15) is 0 Å². The van der Waals surface area contributed by atoms with Crippen molar-refractivity contribution in [2.45, 2.75) is 25.3 Å². The van der Waals surface area contributed by atoms with Crippen LogP contribution in [0.3, 0.4) is 0 Å². The van der Waals surface area contributed by atoms with Crippen molar-refractivity contribution in [3.8, 4) is 0 Å². The molecule has 0 saturated heterocycles. The zero-order chi connectivity index (χ0) is 12.4. The number of hydrogen-bond donors (Lipinski definition) is 1. The van der Waals surface area contributed by atoms with Gasteiger partial charge in [0.05, 0.1) is 12.5 Å². The number of aryl methyl sites for hydroxylation is 1. The van der Waals surface area contributed by atoms with Gasteiger partial charge in [0, 0.05) is 20.1 Å². The number of nitrogens with zero attached hydrogens (tertiary/aromatic N) is 3. The summed E-state index contributed by atoms with van der Waals surface area (Å²) in [6, 6.07) is 0.280. The van der Waals surface area contributed by atoms with E-state index in [9.17, 15) is 4.79 Å². The van der Waals surface area contributed by atoms with Crippen LogP contribution in [-0.2, 0) is 7.05 Å². The molecule has 0 aliphatic heterocycles. The molecule has 0 radical (unpaired) electrons. The molecule has 5 nitrogen and oxygen atoms in total. The molecule has 2 unspecified atom stereocenters. The van der Waals surface area contributed by atoms with E-state index in [-0.39, 0.29) is 11.9 Å². The maximum atomic E-state index is 12.3. The fourth-order valence-electron chi connectivity index (χ4n) is 2.70. The molecule has 1 aliphatic rings. The molecule has 2 atom stereocenters. The van der Waals surface area contributed by atoms with Crippen molar-refractivity contribution in [1.82, 2.24) is 14.5 Å². The molecule has 0 bridgehead atoms. The summed E-state index contributed by atoms with van der Waals surface area (Å²) in [6.07, 6.45) is 6.61. The molecule has 5 heteroatoms. The van der Waals surface area contributed by atoms with E-state index in [0.29, 0.717) is 18.2 Å². The Morgan fingerprint density at radius 3 is 3.00 bits per heavy atom. The van der Waals surface area contributed by atoms with Gasteiger partial charge >= 0.3 is 0 Å². The first-order valence-electron chi connectivity index (χ1n) is 6.08. The highest BCUT2D eigenvalue weighted by Gasteiger charge is 2.32. The number of imidazole rings is 1. The van der Waals surface area contributed by atoms with Gasteiger partial charge in [0.2, 0.25) is 0 Å². The lowest BCUT2D eigenvalue weighted by Gasteiger charge is -2.29. The molecule has 17 heavy (non-hydrogen) atoms. The van der Waals surface area contributed by atoms with Crippen molar-refractivity contribution < 1.29 is 4.79 Å². The summed E-state index contributed by atoms with van der Waals surface area (Å²) in [7, 11) is 3.71. The standard InChI is InChI=1S/C12H20N4O/c1-15-8-14-7-11(15)12(17)16(2)10-5-3-4-9(10)6-13/h7-10H,3-6,13H2,1-2H3. The third kappa shape index (κ3) is 2.20. The van der Waals surface area contributed by atoms with E-state index in [1.54, 1.807) is 17.1 Å². The predicted octanol–water partition coefficient (Wildman–Crippen LogP) is 0.620. The summed E-state index contributed by atoms with van der Waals surface area (Å²) in [6.45, 7) is 0.660. The molecule has 1 saturated carbocycles. The van der Waals surface area contributed by atoms with E-state index in [4.69, 9.17) is 5.73 Å². The predicted molar refractivity (Wildman–Crippen MR) is 65.5 cm³/mol. The normalized spacial score (nSPS) is 23.9. The SMILES string of the molecule is CN(C(=O)c1cncn1C)C1CCCC1CN. The average Bonchev–Trinajstić information content (AvgIpc) is 2.95. The quantitative estimate of drug-likeness (QED) is 0.836. The first-order valence-corrected chi connectivity index (χ1v) is 6.08. The van der Waals surface area contributed by atoms with Crippen LogP contribution in [0.4, 0.5) is 0 Å². The van der Waals surface area contributed by atoms with Gasteiger partial charge in [-0.1, -0.05) is 6.42 Å². The first kappa shape index (κ1) is 12.1. The van der Waals surface area contributed by atoms with Crippen LogP contribution in [0.5, 0.6) is 0 Å². The van der Waals surface area contributed by atoms with Crippen LogP contribution < -0.4 is 5.73 Å². The van der Waals surface area contributed by atoms with Crippen LogP contribution in [0.1, 0.15) is 29.8 Å². The fourth-order valence-corrected chi connectivity index (χ4v) is 2.70. The Bertz CT molecular complexity index is 401. The third-order valence-electron chi connectivity index (χ3n) is 3.78. The summed E-state index contributed by atoms with van der Waals surface area (Å²) < 4.78 is 1.76. The molecule has 1 heterocycles. The van der Waals surface area contributed by atoms with Gasteiger partial charge in [0.15, 0.2) is 0 Å². The van der Waals surface area contributed by atoms with Crippen molar-refractivity contribution in [1.29, 1.82) is 0 Å². The second-order valence-corrected chi connectivity index (χ2v) is 4.80. The molecule has 0 aromatic carbocycles. The lowest BCUT2D eigenvalue weighted by molar-refractivity contribution is 0.0690. The van der Waals surface area contributed by atoms with Crippen LogP contribution in [0.2, 0.25) is 0 Å². The van der Waals surface area contributed by atoms with Crippen molar-refractivity contribution in [3.05, 3.63) is 18.2 Å². The third-order valence-corrected chi connectivity index (χ3v) is 3.78. The van der Waals surface area contributed by atoms with Crippen molar-refractivity contribution in [2.75, 3.05) is 13.6 Å². The van der Waals surface area contributed by atoms with Gasteiger partial charge in [0.1, 0.15) is 5.69 Å². The summed E-state index contributed by atoms with van der Waals surface area (Å²) in [5.41, 5.74) is 6.39. The number of rotatable bonds is 3. The number of carbonyl (C=O) groups is 1. The number of carbonyl (C=O) groups excluding carboxylic acids is 1. The lowest BCUT2D eigenvalue weighted by Crippen LogP contribution is -2.42. The Balaban J connectivity index is 2.12. The average molecular weight is 236 g/mol. The molecule has 1 aromatic heterocycles. The second kappa shape index (κ2) is 4.87. The molecule has 1 fully saturated rings. The Labute approximate surface area is 102 Å². The van der Waals surface area contributed by atoms with Crippen molar-refractivity contribution >= 4 is 5.91 Å². The van der Waals surface area contributed by atoms with Gasteiger partial charge in [-0.15, -0.1) is 0 Å². The zero-order valence-corrected chi connectivity index (χ0v) is 10.5. The molecular weight excluding hydrogens is 216 g/mol. The molecule has 2 N–H and O–H groups in total. The van der Waals surface area contributed by atoms with Gasteiger partial charge < -0.3 is 15.2 Å². The first-order chi connectivity index (χ1) is 8.15. The smallest absolute Gasteiger partial charge is 0.272 e. The van der Waals surface area contributed by atoms with Crippen LogP contribution in [0.25, 0.3) is 0 Å². The van der Waals surface area contributed by atoms with Crippen LogP contribution in [0.15, 0.2) is 12.5 Å². The highest BCUT2D eigenvalue weighted by Crippen LogP contribution is 2.29. The maximum Gasteiger partial charge on any atom is 0.272 e. The highest BCUT2D eigenvalue weighted by molar-refractivity contribution is 5.92. The molecule has 94 valence electrons. The number of amides is 1. The molecule has 1 amide bonds. The molecular formula is C12H20N4O. The van der Waals surface area contributed by atoms with E-state index in [1.165, 1.54) is 0 Å². The Morgan fingerprint density at radius 1 is 1.65 bits per heavy atom. The number of hydrogen-bond acceptors (Lipinski definition) is 3. The minimum absolute atomic E-state index is 0.0374. The summed E-state index contributed by atoms with van der Waals surface area (Å²) in [5.74, 6) is 0.479. The number of nitrogens with two attached hydrogens (primary N) is 1. The van der Waals surface area contributed by atoms with Crippen molar-refractivity contribution in [2.24, 2.45) is 18.7 Å². The van der Waals surface area contributed by atoms with Gasteiger partial charge in [0.25, 0.3) is 5.91 Å². The Kier molecular flexibility index (Phi) is 3.47. The summed E-state index contributed by atoms with van der Waals surface area (Å²) >= 11 is 0. The van der Waals surface area contributed by atoms with E-state index in [1.807, 2.05) is 19.0 Å². The van der Waals surface area contributed by atoms with Gasteiger partial charge in [-0.25, -0.2) is 4.98 Å². The van der Waals surface area contributed by atoms with Gasteiger partial charge in [-0.3, -0.25) is 4.79 Å². The zero-order valence-electron chi connectivity index (χ0n) is 10.5.